The summed E-state index contributed by atoms with van der Waals surface area (Å²) in [5.41, 5.74) is 5.75. The van der Waals surface area contributed by atoms with Crippen LogP contribution in [0.2, 0.25) is 0 Å². The molecule has 2 aromatic carbocycles. The van der Waals surface area contributed by atoms with Gasteiger partial charge in [0.15, 0.2) is 21.2 Å². The van der Waals surface area contributed by atoms with Gasteiger partial charge >= 0.3 is 5.97 Å². The summed E-state index contributed by atoms with van der Waals surface area (Å²) >= 11 is -1.60. The third-order valence-electron chi connectivity index (χ3n) is 10.2. The molecule has 0 aliphatic heterocycles. The number of carboxylic acid groups (broad SMARTS) is 1. The average molecular weight is 763 g/mol. The Morgan fingerprint density at radius 1 is 0.511 bits per heavy atom. The van der Waals surface area contributed by atoms with Crippen molar-refractivity contribution in [1.29, 1.82) is 0 Å². The Kier molecular flexibility index (Phi) is 23.7. The molecule has 4 heteroatoms. The van der Waals surface area contributed by atoms with Crippen LogP contribution >= 0.6 is 21.2 Å². The minimum atomic E-state index is -1.60. The number of aryl methyl sites for hydroxylation is 4. The summed E-state index contributed by atoms with van der Waals surface area (Å²) in [6.45, 7) is 9.09. The average Bonchev–Trinajstić information content (AvgIpc) is 3.07. The highest BCUT2D eigenvalue weighted by molar-refractivity contribution is 14.1. The summed E-state index contributed by atoms with van der Waals surface area (Å²) in [5.74, 6) is -0.916. The first-order valence-electron chi connectivity index (χ1n) is 20.2. The van der Waals surface area contributed by atoms with Gasteiger partial charge in [0.2, 0.25) is 0 Å². The minimum absolute atomic E-state index is 0.305. The zero-order valence-electron chi connectivity index (χ0n) is 31.1. The Bertz CT molecular complexity index is 1150. The summed E-state index contributed by atoms with van der Waals surface area (Å²) < 4.78 is 13.6. The van der Waals surface area contributed by atoms with Gasteiger partial charge in [-0.05, 0) is 90.5 Å². The minimum Gasteiger partial charge on any atom is -0.478 e. The van der Waals surface area contributed by atoms with E-state index in [4.69, 9.17) is 0 Å². The molecule has 2 aromatic rings. The number of halogens is 1. The Hall–Kier alpha value is -1.30. The number of carboxylic acids is 1. The molecule has 1 N–H and O–H groups in total. The maximum Gasteiger partial charge on any atom is 0.336 e. The Morgan fingerprint density at radius 2 is 0.894 bits per heavy atom. The second kappa shape index (κ2) is 26.6. The van der Waals surface area contributed by atoms with Crippen molar-refractivity contribution in [3.63, 3.8) is 0 Å². The summed E-state index contributed by atoms with van der Waals surface area (Å²) in [6.07, 6.45) is 34.1. The van der Waals surface area contributed by atoms with E-state index >= 15 is 0 Å². The van der Waals surface area contributed by atoms with Gasteiger partial charge in [-0.1, -0.05) is 162 Å². The van der Waals surface area contributed by atoms with E-state index in [1.165, 1.54) is 157 Å². The smallest absolute Gasteiger partial charge is 0.336 e. The highest BCUT2D eigenvalue weighted by atomic mass is 127. The highest BCUT2D eigenvalue weighted by Crippen LogP contribution is 2.38. The second-order valence-electron chi connectivity index (χ2n) is 14.3. The Labute approximate surface area is 300 Å². The van der Waals surface area contributed by atoms with E-state index in [0.29, 0.717) is 9.13 Å². The monoisotopic (exact) mass is 762 g/mol. The van der Waals surface area contributed by atoms with Crippen LogP contribution < -0.4 is 0 Å². The van der Waals surface area contributed by atoms with E-state index in [2.05, 4.69) is 33.8 Å². The molecule has 0 aromatic heterocycles. The van der Waals surface area contributed by atoms with E-state index in [1.807, 2.05) is 6.07 Å². The van der Waals surface area contributed by atoms with Crippen molar-refractivity contribution in [3.05, 3.63) is 43.5 Å². The topological polar surface area (TPSA) is 54.4 Å². The molecule has 0 atom stereocenters. The van der Waals surface area contributed by atoms with Gasteiger partial charge in [0.05, 0.1) is 9.13 Å². The molecule has 0 amide bonds. The largest absolute Gasteiger partial charge is 0.478 e. The van der Waals surface area contributed by atoms with Gasteiger partial charge < -0.3 is 5.11 Å². The fraction of sp³-hybridized carbons (Fsp3) is 0.744. The van der Waals surface area contributed by atoms with E-state index in [1.54, 1.807) is 0 Å². The van der Waals surface area contributed by atoms with Crippen LogP contribution in [0.15, 0.2) is 12.1 Å². The van der Waals surface area contributed by atoms with Gasteiger partial charge in [-0.25, -0.2) is 4.79 Å². The summed E-state index contributed by atoms with van der Waals surface area (Å²) in [4.78, 5) is 12.7. The van der Waals surface area contributed by atoms with Crippen molar-refractivity contribution in [1.82, 2.24) is 0 Å². The predicted molar refractivity (Wildman–Crippen MR) is 213 cm³/mol. The highest BCUT2D eigenvalue weighted by Gasteiger charge is 2.23. The Morgan fingerprint density at radius 3 is 1.32 bits per heavy atom. The van der Waals surface area contributed by atoms with E-state index in [-0.39, 0.29) is 0 Å². The van der Waals surface area contributed by atoms with Crippen molar-refractivity contribution < 1.29 is 13.0 Å². The molecule has 0 aliphatic carbocycles. The molecule has 0 aliphatic rings. The van der Waals surface area contributed by atoms with Crippen molar-refractivity contribution in [2.24, 2.45) is 0 Å². The summed E-state index contributed by atoms with van der Waals surface area (Å²) in [7, 11) is 0. The molecule has 0 spiro atoms. The van der Waals surface area contributed by atoms with Gasteiger partial charge in [0.1, 0.15) is 0 Å². The third kappa shape index (κ3) is 15.4. The van der Waals surface area contributed by atoms with Gasteiger partial charge in [-0.2, -0.15) is 0 Å². The third-order valence-corrected chi connectivity index (χ3v) is 11.9. The molecule has 47 heavy (non-hydrogen) atoms. The van der Waals surface area contributed by atoms with Crippen LogP contribution in [0, 0.1) is 3.57 Å². The first-order chi connectivity index (χ1) is 23.0. The van der Waals surface area contributed by atoms with Crippen LogP contribution in [-0.2, 0) is 28.8 Å². The van der Waals surface area contributed by atoms with Gasteiger partial charge in [0.25, 0.3) is 0 Å². The summed E-state index contributed by atoms with van der Waals surface area (Å²) in [6, 6.07) is 4.44. The molecule has 2 rings (SSSR count). The predicted octanol–water partition coefficient (Wildman–Crippen LogP) is 14.6. The zero-order valence-corrected chi connectivity index (χ0v) is 33.3. The number of hydrogen-bond donors (Lipinski definition) is 1. The maximum absolute atomic E-state index is 13.0. The van der Waals surface area contributed by atoms with Crippen LogP contribution in [0.3, 0.4) is 0 Å². The van der Waals surface area contributed by atoms with Crippen LogP contribution in [-0.4, -0.2) is 11.1 Å². The maximum atomic E-state index is 13.0. The molecule has 0 unspecified atom stereocenters. The van der Waals surface area contributed by atoms with Crippen molar-refractivity contribution in [3.8, 4) is 0 Å². The van der Waals surface area contributed by atoms with E-state index < -0.39 is 27.2 Å². The lowest BCUT2D eigenvalue weighted by molar-refractivity contribution is 0.0695. The molecule has 0 heterocycles. The lowest BCUT2D eigenvalue weighted by atomic mass is 9.83. The van der Waals surface area contributed by atoms with Crippen LogP contribution in [0.5, 0.6) is 0 Å². The second-order valence-corrected chi connectivity index (χ2v) is 15.8. The van der Waals surface area contributed by atoms with Crippen LogP contribution in [0.25, 0.3) is 10.8 Å². The number of rotatable bonds is 30. The number of benzene rings is 2. The van der Waals surface area contributed by atoms with Gasteiger partial charge in [0, 0.05) is 0 Å². The van der Waals surface area contributed by atoms with E-state index in [0.717, 1.165) is 55.9 Å². The SMILES string of the molecule is CCCCCCCCc1cc(CCCCCCCC)c2cc(C(=O)O)c(I=O)c(CCCCCCCC)c2c1CCCCCCCC. The number of carbonyl (C=O) groups is 1. The number of aromatic carboxylic acids is 1. The number of hydrogen-bond acceptors (Lipinski definition) is 2. The van der Waals surface area contributed by atoms with Crippen LogP contribution in [0.1, 0.15) is 214 Å². The van der Waals surface area contributed by atoms with Crippen LogP contribution in [0.4, 0.5) is 0 Å². The lowest BCUT2D eigenvalue weighted by Crippen LogP contribution is -2.09. The quantitative estimate of drug-likeness (QED) is 0.0637. The summed E-state index contributed by atoms with van der Waals surface area (Å²) in [5, 5.41) is 12.9. The van der Waals surface area contributed by atoms with Gasteiger partial charge in [-0.3, -0.25) is 3.07 Å². The lowest BCUT2D eigenvalue weighted by Gasteiger charge is -2.22. The molecule has 0 bridgehead atoms. The molecule has 0 saturated heterocycles. The van der Waals surface area contributed by atoms with Crippen molar-refractivity contribution in [2.75, 3.05) is 0 Å². The first kappa shape index (κ1) is 41.9. The fourth-order valence-corrected chi connectivity index (χ4v) is 8.83. The number of unbranched alkanes of at least 4 members (excludes halogenated alkanes) is 20. The molecule has 268 valence electrons. The Balaban J connectivity index is 2.63. The molecule has 0 fully saturated rings. The van der Waals surface area contributed by atoms with Crippen molar-refractivity contribution >= 4 is 37.9 Å². The zero-order chi connectivity index (χ0) is 34.1. The molecule has 0 radical (unpaired) electrons. The number of fused-ring (bicyclic) bond motifs is 1. The first-order valence-corrected chi connectivity index (χ1v) is 22.1. The van der Waals surface area contributed by atoms with Crippen molar-refractivity contribution in [2.45, 2.75) is 207 Å². The fourth-order valence-electron chi connectivity index (χ4n) is 7.40. The molecule has 0 saturated carbocycles. The normalized spacial score (nSPS) is 11.6. The van der Waals surface area contributed by atoms with E-state index in [9.17, 15) is 13.0 Å². The molecule has 3 nitrogen and oxygen atoms in total. The molecular weight excluding hydrogens is 691 g/mol. The molecular formula is C43H71IO3. The standard InChI is InChI=1S/C43H71IO3/c1-5-9-13-17-21-25-29-35-33-36(30-26-22-18-14-10-6-2)39-34-40(43(45)46)42(44-47)38(32-28-24-20-16-12-8-4)41(39)37(35)31-27-23-19-15-11-7-3/h33-34H,5-32H2,1-4H3,(H,45,46). The van der Waals surface area contributed by atoms with Gasteiger partial charge in [-0.15, -0.1) is 0 Å².